The van der Waals surface area contributed by atoms with Gasteiger partial charge in [-0.25, -0.2) is 0 Å². The van der Waals surface area contributed by atoms with Crippen molar-refractivity contribution in [3.05, 3.63) is 54.1 Å². The Morgan fingerprint density at radius 1 is 1.00 bits per heavy atom. The predicted molar refractivity (Wildman–Crippen MR) is 126 cm³/mol. The number of methoxy groups -OCH3 is 2. The van der Waals surface area contributed by atoms with Crippen LogP contribution >= 0.6 is 0 Å². The van der Waals surface area contributed by atoms with Gasteiger partial charge in [-0.3, -0.25) is 14.5 Å². The number of nitrogens with zero attached hydrogens (tertiary/aromatic N) is 1. The summed E-state index contributed by atoms with van der Waals surface area (Å²) in [7, 11) is 3.03. The van der Waals surface area contributed by atoms with Gasteiger partial charge in [-0.15, -0.1) is 0 Å². The molecule has 2 aromatic carbocycles. The van der Waals surface area contributed by atoms with E-state index in [1.54, 1.807) is 23.1 Å². The van der Waals surface area contributed by atoms with Crippen LogP contribution in [-0.2, 0) is 9.53 Å². The molecule has 1 spiro atoms. The lowest BCUT2D eigenvalue weighted by atomic mass is 9.89. The van der Waals surface area contributed by atoms with Crippen LogP contribution in [0.2, 0.25) is 0 Å². The average molecular weight is 469 g/mol. The highest BCUT2D eigenvalue weighted by Crippen LogP contribution is 2.43. The number of carbonyl (C=O) groups is 2. The number of ether oxygens (including phenoxy) is 4. The van der Waals surface area contributed by atoms with Crippen LogP contribution in [0.3, 0.4) is 0 Å². The summed E-state index contributed by atoms with van der Waals surface area (Å²) in [5.74, 6) is 0.952. The average Bonchev–Trinajstić information content (AvgIpc) is 3.24. The molecule has 1 heterocycles. The summed E-state index contributed by atoms with van der Waals surface area (Å²) in [6.07, 6.45) is 4.34. The summed E-state index contributed by atoms with van der Waals surface area (Å²) >= 11 is 0. The summed E-state index contributed by atoms with van der Waals surface area (Å²) in [5, 5.41) is 2.91. The smallest absolute Gasteiger partial charge is 0.264 e. The minimum Gasteiger partial charge on any atom is -0.496 e. The molecular weight excluding hydrogens is 436 g/mol. The normalized spacial score (nSPS) is 19.0. The van der Waals surface area contributed by atoms with Crippen molar-refractivity contribution in [1.82, 2.24) is 10.2 Å². The monoisotopic (exact) mass is 468 g/mol. The third-order valence-corrected chi connectivity index (χ3v) is 6.47. The van der Waals surface area contributed by atoms with E-state index in [4.69, 9.17) is 18.9 Å². The second-order valence-electron chi connectivity index (χ2n) is 8.50. The zero-order valence-electron chi connectivity index (χ0n) is 19.7. The number of hydrogen-bond acceptors (Lipinski definition) is 6. The fourth-order valence-corrected chi connectivity index (χ4v) is 4.83. The zero-order chi connectivity index (χ0) is 24.0. The van der Waals surface area contributed by atoms with Gasteiger partial charge in [-0.05, 0) is 49.9 Å². The quantitative estimate of drug-likeness (QED) is 0.598. The van der Waals surface area contributed by atoms with Gasteiger partial charge >= 0.3 is 0 Å². The molecule has 1 aliphatic heterocycles. The van der Waals surface area contributed by atoms with Crippen LogP contribution in [0.15, 0.2) is 48.5 Å². The van der Waals surface area contributed by atoms with E-state index in [-0.39, 0.29) is 18.4 Å². The molecule has 1 saturated carbocycles. The molecule has 8 nitrogen and oxygen atoms in total. The van der Waals surface area contributed by atoms with Crippen molar-refractivity contribution in [2.24, 2.45) is 0 Å². The number of carbonyl (C=O) groups excluding carboxylic acids is 2. The largest absolute Gasteiger partial charge is 0.496 e. The predicted octanol–water partition coefficient (Wildman–Crippen LogP) is 3.40. The van der Waals surface area contributed by atoms with Crippen molar-refractivity contribution in [3.8, 4) is 17.2 Å². The van der Waals surface area contributed by atoms with Crippen molar-refractivity contribution in [2.45, 2.75) is 43.9 Å². The van der Waals surface area contributed by atoms with E-state index < -0.39 is 11.8 Å². The third-order valence-electron chi connectivity index (χ3n) is 6.47. The van der Waals surface area contributed by atoms with Crippen molar-refractivity contribution in [2.75, 3.05) is 34.0 Å². The highest BCUT2D eigenvalue weighted by atomic mass is 16.5. The Hall–Kier alpha value is -3.26. The maximum absolute atomic E-state index is 14.0. The molecule has 34 heavy (non-hydrogen) atoms. The molecule has 2 amide bonds. The molecule has 4 rings (SSSR count). The van der Waals surface area contributed by atoms with Gasteiger partial charge in [0.1, 0.15) is 41.2 Å². The van der Waals surface area contributed by atoms with Gasteiger partial charge in [0.25, 0.3) is 5.91 Å². The van der Waals surface area contributed by atoms with Gasteiger partial charge in [0.05, 0.1) is 27.4 Å². The van der Waals surface area contributed by atoms with E-state index in [1.807, 2.05) is 30.3 Å². The molecule has 2 fully saturated rings. The number of benzene rings is 2. The highest BCUT2D eigenvalue weighted by molar-refractivity contribution is 6.02. The van der Waals surface area contributed by atoms with Crippen LogP contribution in [0.4, 0.5) is 0 Å². The molecule has 0 radical (unpaired) electrons. The molecule has 1 aliphatic carbocycles. The molecule has 182 valence electrons. The standard InChI is InChI=1S/C26H32N2O6/c1-31-21-12-9-13-22(32-2)23(21)25(30)28-20(18-34-26(28)14-7-4-8-15-26)24(29)27-16-17-33-19-10-5-3-6-11-19/h3,5-6,9-13,20H,4,7-8,14-18H2,1-2H3,(H,27,29). The molecule has 2 aromatic rings. The van der Waals surface area contributed by atoms with E-state index in [0.29, 0.717) is 43.1 Å². The minimum absolute atomic E-state index is 0.147. The van der Waals surface area contributed by atoms with Gasteiger partial charge in [0.2, 0.25) is 5.91 Å². The summed E-state index contributed by atoms with van der Waals surface area (Å²) in [5.41, 5.74) is -0.503. The SMILES string of the molecule is COc1cccc(OC)c1C(=O)N1C(C(=O)NCCOc2ccccc2)COC12CCCCC2. The van der Waals surface area contributed by atoms with Crippen molar-refractivity contribution < 1.29 is 28.5 Å². The molecular formula is C26H32N2O6. The second-order valence-corrected chi connectivity index (χ2v) is 8.50. The molecule has 2 aliphatic rings. The number of nitrogens with one attached hydrogen (secondary N) is 1. The van der Waals surface area contributed by atoms with Crippen LogP contribution in [0.1, 0.15) is 42.5 Å². The summed E-state index contributed by atoms with van der Waals surface area (Å²) in [4.78, 5) is 28.9. The summed E-state index contributed by atoms with van der Waals surface area (Å²) in [6, 6.07) is 13.9. The fraction of sp³-hybridized carbons (Fsp3) is 0.462. The lowest BCUT2D eigenvalue weighted by Gasteiger charge is -2.41. The molecule has 1 unspecified atom stereocenters. The first kappa shape index (κ1) is 23.9. The van der Waals surface area contributed by atoms with Crippen LogP contribution in [0, 0.1) is 0 Å². The highest BCUT2D eigenvalue weighted by Gasteiger charge is 2.53. The number of rotatable bonds is 8. The lowest BCUT2D eigenvalue weighted by molar-refractivity contribution is -0.127. The molecule has 1 saturated heterocycles. The Kier molecular flexibility index (Phi) is 7.57. The molecule has 1 N–H and O–H groups in total. The number of amides is 2. The third kappa shape index (κ3) is 4.82. The molecule has 1 atom stereocenters. The number of para-hydroxylation sites is 1. The molecule has 8 heteroatoms. The van der Waals surface area contributed by atoms with Gasteiger partial charge in [-0.1, -0.05) is 30.7 Å². The Balaban J connectivity index is 1.54. The number of hydrogen-bond donors (Lipinski definition) is 1. The van der Waals surface area contributed by atoms with Gasteiger partial charge < -0.3 is 24.3 Å². The first-order chi connectivity index (χ1) is 16.6. The van der Waals surface area contributed by atoms with Crippen molar-refractivity contribution in [3.63, 3.8) is 0 Å². The van der Waals surface area contributed by atoms with E-state index in [0.717, 1.165) is 25.0 Å². The van der Waals surface area contributed by atoms with Crippen molar-refractivity contribution in [1.29, 1.82) is 0 Å². The fourth-order valence-electron chi connectivity index (χ4n) is 4.83. The maximum Gasteiger partial charge on any atom is 0.264 e. The topological polar surface area (TPSA) is 86.3 Å². The van der Waals surface area contributed by atoms with E-state index >= 15 is 0 Å². The lowest BCUT2D eigenvalue weighted by Crippen LogP contribution is -2.56. The van der Waals surface area contributed by atoms with Crippen LogP contribution < -0.4 is 19.5 Å². The van der Waals surface area contributed by atoms with Gasteiger partial charge in [-0.2, -0.15) is 0 Å². The maximum atomic E-state index is 14.0. The minimum atomic E-state index is -0.802. The first-order valence-corrected chi connectivity index (χ1v) is 11.7. The van der Waals surface area contributed by atoms with Gasteiger partial charge in [0.15, 0.2) is 0 Å². The Bertz CT molecular complexity index is 968. The van der Waals surface area contributed by atoms with Crippen LogP contribution in [0.25, 0.3) is 0 Å². The van der Waals surface area contributed by atoms with Crippen LogP contribution in [0.5, 0.6) is 17.2 Å². The summed E-state index contributed by atoms with van der Waals surface area (Å²) < 4.78 is 22.9. The van der Waals surface area contributed by atoms with E-state index in [2.05, 4.69) is 5.32 Å². The Morgan fingerprint density at radius 2 is 1.68 bits per heavy atom. The Morgan fingerprint density at radius 3 is 2.32 bits per heavy atom. The summed E-state index contributed by atoms with van der Waals surface area (Å²) in [6.45, 7) is 0.786. The first-order valence-electron chi connectivity index (χ1n) is 11.7. The van der Waals surface area contributed by atoms with Crippen LogP contribution in [-0.4, -0.2) is 62.5 Å². The molecule has 0 bridgehead atoms. The van der Waals surface area contributed by atoms with Gasteiger partial charge in [0, 0.05) is 0 Å². The zero-order valence-corrected chi connectivity index (χ0v) is 19.7. The molecule has 0 aromatic heterocycles. The van der Waals surface area contributed by atoms with Crippen molar-refractivity contribution >= 4 is 11.8 Å². The second kappa shape index (κ2) is 10.8. The van der Waals surface area contributed by atoms with E-state index in [9.17, 15) is 9.59 Å². The van der Waals surface area contributed by atoms with E-state index in [1.165, 1.54) is 14.2 Å². The Labute approximate surface area is 200 Å².